The average molecular weight is 526 g/mol. The standard InChI is InChI=1S/C18H36O4.Pb.2H/c1-2-3-4-5-6-7-8-9-10-11-12-13-14-15-16-18(21,22)17(19)20;;;/h21-22H,2-16H2,1H3,(H,19,20);;;. The number of carboxylic acid groups (broad SMARTS) is 1. The monoisotopic (exact) mass is 526 g/mol. The maximum atomic E-state index is 10.5. The fourth-order valence-electron chi connectivity index (χ4n) is 2.67. The third kappa shape index (κ3) is 16.9. The van der Waals surface area contributed by atoms with Gasteiger partial charge in [0.25, 0.3) is 5.79 Å². The second-order valence-corrected chi connectivity index (χ2v) is 6.47. The summed E-state index contributed by atoms with van der Waals surface area (Å²) in [6.45, 7) is 2.25. The fourth-order valence-corrected chi connectivity index (χ4v) is 2.67. The molecular formula is C18H38O4Pb. The molecule has 0 bridgehead atoms. The van der Waals surface area contributed by atoms with Crippen LogP contribution < -0.4 is 0 Å². The molecule has 0 rings (SSSR count). The van der Waals surface area contributed by atoms with Gasteiger partial charge in [0.2, 0.25) is 0 Å². The molecule has 0 fully saturated rings. The van der Waals surface area contributed by atoms with Gasteiger partial charge in [-0.2, -0.15) is 0 Å². The second kappa shape index (κ2) is 17.1. The number of unbranched alkanes of at least 4 members (excludes halogenated alkanes) is 13. The van der Waals surface area contributed by atoms with E-state index in [9.17, 15) is 4.79 Å². The van der Waals surface area contributed by atoms with Gasteiger partial charge in [-0.05, 0) is 6.42 Å². The summed E-state index contributed by atoms with van der Waals surface area (Å²) in [5.74, 6) is -4.10. The zero-order chi connectivity index (χ0) is 16.7. The van der Waals surface area contributed by atoms with Gasteiger partial charge in [0.15, 0.2) is 0 Å². The SMILES string of the molecule is CCCCCCCCCCCCCCCCC(O)(O)C(=O)O.[PbH2]. The van der Waals surface area contributed by atoms with E-state index in [1.54, 1.807) is 0 Å². The van der Waals surface area contributed by atoms with Crippen molar-refractivity contribution in [3.63, 3.8) is 0 Å². The molecule has 5 heteroatoms. The summed E-state index contributed by atoms with van der Waals surface area (Å²) in [5, 5.41) is 26.8. The van der Waals surface area contributed by atoms with Crippen LogP contribution in [0, 0.1) is 0 Å². The molecular weight excluding hydrogens is 487 g/mol. The van der Waals surface area contributed by atoms with Crippen LogP contribution in [-0.2, 0) is 4.79 Å². The Morgan fingerprint density at radius 2 is 1.00 bits per heavy atom. The summed E-state index contributed by atoms with van der Waals surface area (Å²) in [6.07, 6.45) is 17.0. The summed E-state index contributed by atoms with van der Waals surface area (Å²) < 4.78 is 0. The van der Waals surface area contributed by atoms with E-state index in [1.165, 1.54) is 64.2 Å². The van der Waals surface area contributed by atoms with E-state index in [0.29, 0.717) is 6.42 Å². The molecule has 0 aliphatic rings. The molecule has 0 spiro atoms. The van der Waals surface area contributed by atoms with Crippen molar-refractivity contribution in [3.05, 3.63) is 0 Å². The first kappa shape index (κ1) is 25.6. The van der Waals surface area contributed by atoms with Crippen molar-refractivity contribution < 1.29 is 20.1 Å². The van der Waals surface area contributed by atoms with E-state index in [4.69, 9.17) is 15.3 Å². The molecule has 0 saturated heterocycles. The molecule has 0 saturated carbocycles. The predicted octanol–water partition coefficient (Wildman–Crippen LogP) is 3.71. The Morgan fingerprint density at radius 3 is 1.30 bits per heavy atom. The van der Waals surface area contributed by atoms with Gasteiger partial charge in [-0.1, -0.05) is 90.4 Å². The van der Waals surface area contributed by atoms with Gasteiger partial charge in [0.05, 0.1) is 0 Å². The third-order valence-electron chi connectivity index (χ3n) is 4.22. The Morgan fingerprint density at radius 1 is 0.696 bits per heavy atom. The first-order chi connectivity index (χ1) is 10.5. The summed E-state index contributed by atoms with van der Waals surface area (Å²) >= 11 is 0. The molecule has 0 aliphatic carbocycles. The number of aliphatic hydroxyl groups is 2. The minimum absolute atomic E-state index is 0. The average Bonchev–Trinajstić information content (AvgIpc) is 2.47. The van der Waals surface area contributed by atoms with Gasteiger partial charge in [-0.25, -0.2) is 4.79 Å². The summed E-state index contributed by atoms with van der Waals surface area (Å²) in [5.41, 5.74) is 0. The molecule has 0 heterocycles. The van der Waals surface area contributed by atoms with Gasteiger partial charge < -0.3 is 15.3 Å². The van der Waals surface area contributed by atoms with E-state index < -0.39 is 11.8 Å². The van der Waals surface area contributed by atoms with Crippen molar-refractivity contribution in [2.45, 2.75) is 109 Å². The van der Waals surface area contributed by atoms with Crippen LogP contribution in [-0.4, -0.2) is 54.4 Å². The van der Waals surface area contributed by atoms with Crippen LogP contribution in [0.1, 0.15) is 103 Å². The van der Waals surface area contributed by atoms with Gasteiger partial charge in [-0.15, -0.1) is 0 Å². The number of hydrogen-bond donors (Lipinski definition) is 3. The zero-order valence-corrected chi connectivity index (χ0v) is 20.6. The normalized spacial score (nSPS) is 11.3. The second-order valence-electron chi connectivity index (χ2n) is 6.47. The summed E-state index contributed by atoms with van der Waals surface area (Å²) in [6, 6.07) is 0. The van der Waals surface area contributed by atoms with E-state index in [0.717, 1.165) is 19.3 Å². The van der Waals surface area contributed by atoms with Gasteiger partial charge >= 0.3 is 33.3 Å². The zero-order valence-electron chi connectivity index (χ0n) is 15.1. The van der Waals surface area contributed by atoms with Crippen molar-refractivity contribution in [2.75, 3.05) is 0 Å². The van der Waals surface area contributed by atoms with Crippen molar-refractivity contribution >= 4 is 33.3 Å². The first-order valence-corrected chi connectivity index (χ1v) is 9.19. The summed E-state index contributed by atoms with van der Waals surface area (Å²) in [4.78, 5) is 10.5. The third-order valence-corrected chi connectivity index (χ3v) is 4.22. The molecule has 0 amide bonds. The van der Waals surface area contributed by atoms with Crippen molar-refractivity contribution in [3.8, 4) is 0 Å². The van der Waals surface area contributed by atoms with Gasteiger partial charge in [0.1, 0.15) is 0 Å². The van der Waals surface area contributed by atoms with Crippen LogP contribution in [0.3, 0.4) is 0 Å². The number of carboxylic acids is 1. The molecule has 23 heavy (non-hydrogen) atoms. The van der Waals surface area contributed by atoms with Gasteiger partial charge in [0, 0.05) is 6.42 Å². The number of aliphatic carboxylic acids is 1. The van der Waals surface area contributed by atoms with Crippen LogP contribution in [0.2, 0.25) is 0 Å². The van der Waals surface area contributed by atoms with Gasteiger partial charge in [-0.3, -0.25) is 0 Å². The topological polar surface area (TPSA) is 77.8 Å². The predicted molar refractivity (Wildman–Crippen MR) is 98.3 cm³/mol. The Hall–Kier alpha value is 0.312. The Kier molecular flexibility index (Phi) is 19.0. The Labute approximate surface area is 162 Å². The number of hydrogen-bond acceptors (Lipinski definition) is 3. The van der Waals surface area contributed by atoms with Crippen molar-refractivity contribution in [2.24, 2.45) is 0 Å². The number of carbonyl (C=O) groups is 1. The van der Waals surface area contributed by atoms with Crippen LogP contribution in [0.25, 0.3) is 0 Å². The van der Waals surface area contributed by atoms with Crippen LogP contribution in [0.15, 0.2) is 0 Å². The van der Waals surface area contributed by atoms with E-state index in [1.807, 2.05) is 0 Å². The number of rotatable bonds is 16. The maximum absolute atomic E-state index is 10.5. The molecule has 0 aliphatic heterocycles. The molecule has 0 aromatic heterocycles. The van der Waals surface area contributed by atoms with Crippen molar-refractivity contribution in [1.82, 2.24) is 0 Å². The summed E-state index contributed by atoms with van der Waals surface area (Å²) in [7, 11) is 0. The Bertz CT molecular complexity index is 270. The quantitative estimate of drug-likeness (QED) is 0.163. The fraction of sp³-hybridized carbons (Fsp3) is 0.944. The Balaban J connectivity index is 0. The van der Waals surface area contributed by atoms with E-state index in [2.05, 4.69) is 6.92 Å². The minimum atomic E-state index is -2.54. The molecule has 138 valence electrons. The van der Waals surface area contributed by atoms with Crippen LogP contribution in [0.5, 0.6) is 0 Å². The molecule has 4 nitrogen and oxygen atoms in total. The molecule has 3 N–H and O–H groups in total. The van der Waals surface area contributed by atoms with Crippen LogP contribution in [0.4, 0.5) is 0 Å². The van der Waals surface area contributed by atoms with Crippen molar-refractivity contribution in [1.29, 1.82) is 0 Å². The molecule has 0 aromatic carbocycles. The van der Waals surface area contributed by atoms with E-state index >= 15 is 0 Å². The molecule has 2 radical (unpaired) electrons. The molecule has 0 unspecified atom stereocenters. The van der Waals surface area contributed by atoms with E-state index in [-0.39, 0.29) is 33.7 Å². The first-order valence-electron chi connectivity index (χ1n) is 9.19. The molecule has 0 aromatic rings. The van der Waals surface area contributed by atoms with Crippen LogP contribution >= 0.6 is 0 Å². The molecule has 0 atom stereocenters.